The minimum Gasteiger partial charge on any atom is -0.493 e. The largest absolute Gasteiger partial charge is 0.493 e. The summed E-state index contributed by atoms with van der Waals surface area (Å²) in [5, 5.41) is 9.41. The fraction of sp³-hybridized carbons (Fsp3) is 0.455. The Kier molecular flexibility index (Phi) is 5.78. The molecule has 160 valence electrons. The number of hydrogen-bond donors (Lipinski definition) is 1. The number of aromatic nitrogens is 1. The second-order valence-corrected chi connectivity index (χ2v) is 7.47. The summed E-state index contributed by atoms with van der Waals surface area (Å²) < 4.78 is 24.2. The molecular formula is C22H25NO7. The molecule has 0 spiro atoms. The van der Waals surface area contributed by atoms with Crippen molar-refractivity contribution in [2.24, 2.45) is 0 Å². The molecule has 1 aromatic heterocycles. The second kappa shape index (κ2) is 8.49. The number of nitrogens with zero attached hydrogens (tertiary/aromatic N) is 1. The molecule has 2 aliphatic heterocycles. The summed E-state index contributed by atoms with van der Waals surface area (Å²) in [4.78, 5) is 24.0. The predicted molar refractivity (Wildman–Crippen MR) is 109 cm³/mol. The van der Waals surface area contributed by atoms with Gasteiger partial charge in [-0.1, -0.05) is 0 Å². The van der Waals surface area contributed by atoms with Crippen molar-refractivity contribution < 1.29 is 28.8 Å². The van der Waals surface area contributed by atoms with Crippen LogP contribution >= 0.6 is 0 Å². The van der Waals surface area contributed by atoms with Crippen LogP contribution in [-0.2, 0) is 9.47 Å². The minimum absolute atomic E-state index is 0.00897. The Morgan fingerprint density at radius 2 is 2.07 bits per heavy atom. The first kappa shape index (κ1) is 20.4. The summed E-state index contributed by atoms with van der Waals surface area (Å²) in [6.07, 6.45) is 2.95. The highest BCUT2D eigenvalue weighted by Gasteiger charge is 2.37. The van der Waals surface area contributed by atoms with Crippen LogP contribution in [0.3, 0.4) is 0 Å². The number of fused-ring (bicyclic) bond motifs is 6. The molecule has 2 aromatic rings. The summed E-state index contributed by atoms with van der Waals surface area (Å²) in [7, 11) is 3.22. The third kappa shape index (κ3) is 3.57. The van der Waals surface area contributed by atoms with Crippen LogP contribution < -0.4 is 14.9 Å². The van der Waals surface area contributed by atoms with Gasteiger partial charge in [0.15, 0.2) is 16.9 Å². The van der Waals surface area contributed by atoms with Crippen LogP contribution in [0, 0.1) is 0 Å². The first-order valence-electron chi connectivity index (χ1n) is 9.96. The molecule has 1 saturated heterocycles. The molecule has 4 rings (SSSR count). The average Bonchev–Trinajstić information content (AvgIpc) is 2.75. The van der Waals surface area contributed by atoms with E-state index in [0.29, 0.717) is 43.6 Å². The molecule has 2 aliphatic rings. The lowest BCUT2D eigenvalue weighted by Gasteiger charge is -2.40. The maximum Gasteiger partial charge on any atom is 0.341 e. The molecular weight excluding hydrogens is 390 g/mol. The van der Waals surface area contributed by atoms with E-state index in [4.69, 9.17) is 18.9 Å². The summed E-state index contributed by atoms with van der Waals surface area (Å²) in [6, 6.07) is 5.24. The van der Waals surface area contributed by atoms with Crippen molar-refractivity contribution in [2.45, 2.75) is 24.8 Å². The van der Waals surface area contributed by atoms with E-state index in [0.717, 1.165) is 24.0 Å². The summed E-state index contributed by atoms with van der Waals surface area (Å²) >= 11 is 0. The zero-order valence-corrected chi connectivity index (χ0v) is 17.1. The SMILES string of the molecule is COCCCOc1cc2c(cc1OC)-c1cc(=O)c(C(=O)O)cn1[C@@H]1CCOC[C@@H]21. The number of aromatic carboxylic acids is 1. The lowest BCUT2D eigenvalue weighted by atomic mass is 9.80. The number of methoxy groups -OCH3 is 2. The highest BCUT2D eigenvalue weighted by molar-refractivity contribution is 5.88. The van der Waals surface area contributed by atoms with Crippen molar-refractivity contribution in [3.63, 3.8) is 0 Å². The van der Waals surface area contributed by atoms with E-state index in [1.807, 2.05) is 16.7 Å². The fourth-order valence-electron chi connectivity index (χ4n) is 4.32. The Morgan fingerprint density at radius 3 is 2.80 bits per heavy atom. The highest BCUT2D eigenvalue weighted by atomic mass is 16.5. The van der Waals surface area contributed by atoms with E-state index < -0.39 is 11.4 Å². The van der Waals surface area contributed by atoms with Gasteiger partial charge in [0, 0.05) is 56.5 Å². The Hall–Kier alpha value is -2.84. The quantitative estimate of drug-likeness (QED) is 0.695. The molecule has 30 heavy (non-hydrogen) atoms. The number of carboxylic acids is 1. The van der Waals surface area contributed by atoms with E-state index in [1.54, 1.807) is 14.2 Å². The Labute approximate surface area is 173 Å². The third-order valence-corrected chi connectivity index (χ3v) is 5.75. The molecule has 2 atom stereocenters. The van der Waals surface area contributed by atoms with E-state index in [1.165, 1.54) is 12.3 Å². The van der Waals surface area contributed by atoms with Crippen LogP contribution in [0.2, 0.25) is 0 Å². The van der Waals surface area contributed by atoms with Gasteiger partial charge in [-0.25, -0.2) is 4.79 Å². The molecule has 3 heterocycles. The summed E-state index contributed by atoms with van der Waals surface area (Å²) in [5.74, 6) is -0.00277. The summed E-state index contributed by atoms with van der Waals surface area (Å²) in [6.45, 7) is 2.20. The van der Waals surface area contributed by atoms with Crippen molar-refractivity contribution >= 4 is 5.97 Å². The zero-order valence-electron chi connectivity index (χ0n) is 17.1. The predicted octanol–water partition coefficient (Wildman–Crippen LogP) is 2.70. The number of carbonyl (C=O) groups is 1. The van der Waals surface area contributed by atoms with E-state index >= 15 is 0 Å². The topological polar surface area (TPSA) is 96.2 Å². The fourth-order valence-corrected chi connectivity index (χ4v) is 4.32. The molecule has 1 N–H and O–H groups in total. The zero-order chi connectivity index (χ0) is 21.3. The molecule has 0 amide bonds. The van der Waals surface area contributed by atoms with Gasteiger partial charge >= 0.3 is 5.97 Å². The van der Waals surface area contributed by atoms with E-state index in [2.05, 4.69) is 0 Å². The normalized spacial score (nSPS) is 19.4. The molecule has 0 radical (unpaired) electrons. The minimum atomic E-state index is -1.22. The van der Waals surface area contributed by atoms with Crippen molar-refractivity contribution in [2.75, 3.05) is 40.6 Å². The number of rotatable bonds is 7. The van der Waals surface area contributed by atoms with Crippen molar-refractivity contribution in [1.82, 2.24) is 4.57 Å². The number of pyridine rings is 1. The van der Waals surface area contributed by atoms with Gasteiger partial charge < -0.3 is 28.6 Å². The van der Waals surface area contributed by atoms with Crippen LogP contribution in [0.25, 0.3) is 11.3 Å². The number of ether oxygens (including phenoxy) is 4. The molecule has 1 aromatic carbocycles. The lowest BCUT2D eigenvalue weighted by Crippen LogP contribution is -2.34. The molecule has 8 heteroatoms. The summed E-state index contributed by atoms with van der Waals surface area (Å²) in [5.41, 5.74) is 1.80. The Balaban J connectivity index is 1.84. The second-order valence-electron chi connectivity index (χ2n) is 7.47. The number of benzene rings is 1. The Morgan fingerprint density at radius 1 is 1.23 bits per heavy atom. The molecule has 0 saturated carbocycles. The molecule has 8 nitrogen and oxygen atoms in total. The van der Waals surface area contributed by atoms with Gasteiger partial charge in [0.2, 0.25) is 0 Å². The standard InChI is InChI=1S/C22H25NO7/c1-27-5-3-6-30-21-8-13-14(9-20(21)28-2)18-10-19(24)15(22(25)26)11-23(18)17-4-7-29-12-16(13)17/h8-11,16-17H,3-7,12H2,1-2H3,(H,25,26)/t16-,17+/m0/s1. The van der Waals surface area contributed by atoms with Gasteiger partial charge in [-0.3, -0.25) is 4.79 Å². The number of carboxylic acid groups (broad SMARTS) is 1. The molecule has 0 aliphatic carbocycles. The van der Waals surface area contributed by atoms with Crippen molar-refractivity contribution in [3.8, 4) is 22.8 Å². The Bertz CT molecular complexity index is 1010. The average molecular weight is 415 g/mol. The van der Waals surface area contributed by atoms with E-state index in [-0.39, 0.29) is 17.5 Å². The highest BCUT2D eigenvalue weighted by Crippen LogP contribution is 2.48. The van der Waals surface area contributed by atoms with Crippen LogP contribution in [0.1, 0.15) is 40.7 Å². The van der Waals surface area contributed by atoms with Crippen molar-refractivity contribution in [3.05, 3.63) is 45.7 Å². The van der Waals surface area contributed by atoms with Gasteiger partial charge in [0.25, 0.3) is 0 Å². The van der Waals surface area contributed by atoms with Gasteiger partial charge in [-0.15, -0.1) is 0 Å². The van der Waals surface area contributed by atoms with Gasteiger partial charge in [-0.05, 0) is 24.1 Å². The van der Waals surface area contributed by atoms with Crippen molar-refractivity contribution in [1.29, 1.82) is 0 Å². The first-order valence-corrected chi connectivity index (χ1v) is 9.96. The lowest BCUT2D eigenvalue weighted by molar-refractivity contribution is 0.0488. The number of hydrogen-bond acceptors (Lipinski definition) is 6. The van der Waals surface area contributed by atoms with Gasteiger partial charge in [0.1, 0.15) is 5.56 Å². The van der Waals surface area contributed by atoms with Crippen LogP contribution in [0.15, 0.2) is 29.2 Å². The maximum absolute atomic E-state index is 12.4. The van der Waals surface area contributed by atoms with Crippen LogP contribution in [0.5, 0.6) is 11.5 Å². The van der Waals surface area contributed by atoms with Gasteiger partial charge in [-0.2, -0.15) is 0 Å². The van der Waals surface area contributed by atoms with E-state index in [9.17, 15) is 14.7 Å². The molecule has 0 unspecified atom stereocenters. The van der Waals surface area contributed by atoms with Crippen LogP contribution in [0.4, 0.5) is 0 Å². The monoisotopic (exact) mass is 415 g/mol. The third-order valence-electron chi connectivity index (χ3n) is 5.75. The molecule has 0 bridgehead atoms. The van der Waals surface area contributed by atoms with Crippen LogP contribution in [-0.4, -0.2) is 56.3 Å². The first-order chi connectivity index (χ1) is 14.5. The van der Waals surface area contributed by atoms with Gasteiger partial charge in [0.05, 0.1) is 26.0 Å². The smallest absolute Gasteiger partial charge is 0.341 e. The molecule has 1 fully saturated rings. The maximum atomic E-state index is 12.4.